The molecule has 5 heterocycles. The molecule has 5 aliphatic heterocycles. The lowest BCUT2D eigenvalue weighted by Gasteiger charge is -2.50. The van der Waals surface area contributed by atoms with Gasteiger partial charge in [-0.05, 0) is 0 Å². The summed E-state index contributed by atoms with van der Waals surface area (Å²) in [6.45, 7) is -4.72. The van der Waals surface area contributed by atoms with Gasteiger partial charge in [0.15, 0.2) is 18.9 Å². The number of ether oxygens (including phenoxy) is 9. The van der Waals surface area contributed by atoms with Crippen LogP contribution in [0.4, 0.5) is 0 Å². The number of carboxylic acid groups (broad SMARTS) is 1. The van der Waals surface area contributed by atoms with Gasteiger partial charge in [-0.15, -0.1) is 0 Å². The first kappa shape index (κ1) is 53.8. The Morgan fingerprint density at radius 2 is 1.17 bits per heavy atom. The number of rotatable bonds is 18. The van der Waals surface area contributed by atoms with Crippen LogP contribution in [0, 0.1) is 0 Å². The second kappa shape index (κ2) is 22.1. The molecule has 0 unspecified atom stereocenters. The Hall–Kier alpha value is -2.10. The molecular weight excluding hydrogens is 898 g/mol. The van der Waals surface area contributed by atoms with Crippen molar-refractivity contribution in [2.45, 2.75) is 166 Å². The van der Waals surface area contributed by atoms with E-state index in [0.29, 0.717) is 0 Å². The standard InChI is InChI=1S/C35H59NO29/c1-9(40)36-16-10(41)2-35(33(54)55,64-27(16)17(43)11(42)3-37)65-28-24(50)18(44)12(4-38)60-32(28)58-7-15-20(46)22(48)25(51)30(61-15)57-6-14-19(45)23(49)26(52)31(62-14)59-8-34(56)29(53)21(47)13(5-39)63-34/h10-32,37-39,41-53,56H,2-8H2,1H3,(H,36,40)(H,54,55)/t10-,11+,12+,13+,14+,15+,16+,17-,18-,19+,20-,21+,22-,23-,24-,25+,26+,27+,28+,29-,30-,31-,32-,34+,35-/m0/s1. The van der Waals surface area contributed by atoms with Gasteiger partial charge in [0.2, 0.25) is 11.7 Å². The fourth-order valence-electron chi connectivity index (χ4n) is 7.89. The van der Waals surface area contributed by atoms with Crippen molar-refractivity contribution in [3.63, 3.8) is 0 Å². The highest BCUT2D eigenvalue weighted by Gasteiger charge is 2.60. The fourth-order valence-corrected chi connectivity index (χ4v) is 7.89. The molecule has 378 valence electrons. The summed E-state index contributed by atoms with van der Waals surface area (Å²) in [5.74, 6) is -8.61. The predicted molar refractivity (Wildman–Crippen MR) is 195 cm³/mol. The third-order valence-corrected chi connectivity index (χ3v) is 11.7. The lowest BCUT2D eigenvalue weighted by Crippen LogP contribution is -2.70. The highest BCUT2D eigenvalue weighted by atomic mass is 16.8. The van der Waals surface area contributed by atoms with Crippen molar-refractivity contribution in [3.05, 3.63) is 0 Å². The first-order valence-corrected chi connectivity index (χ1v) is 20.2. The van der Waals surface area contributed by atoms with Gasteiger partial charge in [0, 0.05) is 13.3 Å². The smallest absolute Gasteiger partial charge is 0.364 e. The van der Waals surface area contributed by atoms with Crippen molar-refractivity contribution in [1.82, 2.24) is 5.32 Å². The van der Waals surface area contributed by atoms with Crippen LogP contribution in [0.2, 0.25) is 0 Å². The summed E-state index contributed by atoms with van der Waals surface area (Å²) in [6.07, 6.45) is -44.1. The Bertz CT molecular complexity index is 1550. The van der Waals surface area contributed by atoms with Gasteiger partial charge in [-0.1, -0.05) is 0 Å². The molecule has 25 atom stereocenters. The quantitative estimate of drug-likeness (QED) is 0.0606. The van der Waals surface area contributed by atoms with Crippen molar-refractivity contribution in [2.75, 3.05) is 39.6 Å². The van der Waals surface area contributed by atoms with Gasteiger partial charge in [0.1, 0.15) is 116 Å². The zero-order valence-electron chi connectivity index (χ0n) is 34.3. The Labute approximate surface area is 366 Å². The zero-order chi connectivity index (χ0) is 48.5. The van der Waals surface area contributed by atoms with Gasteiger partial charge < -0.3 is 140 Å². The fraction of sp³-hybridized carbons (Fsp3) is 0.943. The van der Waals surface area contributed by atoms with E-state index in [1.54, 1.807) is 0 Å². The van der Waals surface area contributed by atoms with E-state index < -0.39 is 210 Å². The molecule has 19 N–H and O–H groups in total. The van der Waals surface area contributed by atoms with Crippen LogP contribution < -0.4 is 5.32 Å². The Balaban J connectivity index is 1.29. The number of aliphatic carboxylic acids is 1. The molecule has 0 saturated carbocycles. The Morgan fingerprint density at radius 3 is 1.66 bits per heavy atom. The molecule has 1 amide bonds. The number of carbonyl (C=O) groups excluding carboxylic acids is 1. The van der Waals surface area contributed by atoms with Crippen LogP contribution >= 0.6 is 0 Å². The first-order chi connectivity index (χ1) is 30.4. The molecule has 5 rings (SSSR count). The maximum absolute atomic E-state index is 12.9. The van der Waals surface area contributed by atoms with Crippen LogP contribution in [0.15, 0.2) is 0 Å². The third-order valence-electron chi connectivity index (χ3n) is 11.7. The molecule has 0 bridgehead atoms. The summed E-state index contributed by atoms with van der Waals surface area (Å²) in [4.78, 5) is 24.8. The highest BCUT2D eigenvalue weighted by molar-refractivity contribution is 5.76. The van der Waals surface area contributed by atoms with E-state index in [0.717, 1.165) is 6.92 Å². The number of carbonyl (C=O) groups is 2. The molecule has 0 aromatic carbocycles. The number of amides is 1. The number of nitrogens with one attached hydrogen (secondary N) is 1. The molecule has 0 aromatic heterocycles. The molecule has 30 heteroatoms. The molecule has 0 aliphatic carbocycles. The van der Waals surface area contributed by atoms with Crippen LogP contribution in [-0.2, 0) is 52.2 Å². The second-order valence-corrected chi connectivity index (χ2v) is 16.3. The SMILES string of the molecule is CC(=O)N[C@H]1[C@H]([C@@H](O)[C@H](O)CO)O[C@@](O[C@H]2[C@@H](OC[C@H]3O[C@H](OC[C@H]4O[C@H](OC[C@@]5(O)O[C@H](CO)[C@@H](O)[C@@H]5O)[C@H](O)[C@@H](O)[C@@H]4O)[C@H](O)[C@@H](O)[C@H]3O)O[C@H](CO)[C@H](O)[C@@H]2O)(C(=O)O)C[C@@H]1O. The minimum Gasteiger partial charge on any atom is -0.477 e. The van der Waals surface area contributed by atoms with Crippen LogP contribution in [0.25, 0.3) is 0 Å². The van der Waals surface area contributed by atoms with Crippen LogP contribution in [0.3, 0.4) is 0 Å². The van der Waals surface area contributed by atoms with Crippen LogP contribution in [-0.4, -0.2) is 296 Å². The first-order valence-electron chi connectivity index (χ1n) is 20.2. The minimum absolute atomic E-state index is 0.801. The minimum atomic E-state index is -3.13. The number of carboxylic acids is 1. The Morgan fingerprint density at radius 1 is 0.662 bits per heavy atom. The van der Waals surface area contributed by atoms with E-state index >= 15 is 0 Å². The summed E-state index contributed by atoms with van der Waals surface area (Å²) in [5.41, 5.74) is 0. The molecule has 0 radical (unpaired) electrons. The van der Waals surface area contributed by atoms with Crippen molar-refractivity contribution in [1.29, 1.82) is 0 Å². The molecular formula is C35H59NO29. The molecule has 0 spiro atoms. The number of aliphatic hydroxyl groups is 17. The predicted octanol–water partition coefficient (Wildman–Crippen LogP) is -12.6. The van der Waals surface area contributed by atoms with Crippen molar-refractivity contribution in [2.24, 2.45) is 0 Å². The normalized spacial score (nSPS) is 48.1. The number of aliphatic hydroxyl groups excluding tert-OH is 16. The van der Waals surface area contributed by atoms with E-state index in [-0.39, 0.29) is 0 Å². The van der Waals surface area contributed by atoms with Gasteiger partial charge >= 0.3 is 5.97 Å². The topological polar surface area (TPSA) is 493 Å². The van der Waals surface area contributed by atoms with E-state index in [9.17, 15) is 102 Å². The average Bonchev–Trinajstić information content (AvgIpc) is 3.49. The lowest BCUT2D eigenvalue weighted by molar-refractivity contribution is -0.382. The molecule has 5 saturated heterocycles. The lowest BCUT2D eigenvalue weighted by atomic mass is 9.88. The zero-order valence-corrected chi connectivity index (χ0v) is 34.3. The monoisotopic (exact) mass is 957 g/mol. The summed E-state index contributed by atoms with van der Waals surface area (Å²) < 4.78 is 49.4. The van der Waals surface area contributed by atoms with Gasteiger partial charge in [-0.3, -0.25) is 4.79 Å². The molecule has 30 nitrogen and oxygen atoms in total. The highest BCUT2D eigenvalue weighted by Crippen LogP contribution is 2.38. The number of hydrogen-bond acceptors (Lipinski definition) is 28. The average molecular weight is 958 g/mol. The summed E-state index contributed by atoms with van der Waals surface area (Å²) in [7, 11) is 0. The molecule has 65 heavy (non-hydrogen) atoms. The van der Waals surface area contributed by atoms with Gasteiger partial charge in [-0.25, -0.2) is 4.79 Å². The summed E-state index contributed by atoms with van der Waals surface area (Å²) in [5, 5.41) is 190. The van der Waals surface area contributed by atoms with Gasteiger partial charge in [-0.2, -0.15) is 0 Å². The second-order valence-electron chi connectivity index (χ2n) is 16.3. The van der Waals surface area contributed by atoms with Crippen LogP contribution in [0.1, 0.15) is 13.3 Å². The van der Waals surface area contributed by atoms with Gasteiger partial charge in [0.05, 0.1) is 45.2 Å². The largest absolute Gasteiger partial charge is 0.477 e. The van der Waals surface area contributed by atoms with E-state index in [1.807, 2.05) is 0 Å². The third kappa shape index (κ3) is 11.3. The van der Waals surface area contributed by atoms with Crippen molar-refractivity contribution in [3.8, 4) is 0 Å². The van der Waals surface area contributed by atoms with E-state index in [1.165, 1.54) is 0 Å². The van der Waals surface area contributed by atoms with Gasteiger partial charge in [0.25, 0.3) is 5.79 Å². The maximum Gasteiger partial charge on any atom is 0.364 e. The maximum atomic E-state index is 12.9. The molecule has 5 aliphatic rings. The summed E-state index contributed by atoms with van der Waals surface area (Å²) in [6, 6.07) is -1.62. The van der Waals surface area contributed by atoms with E-state index in [2.05, 4.69) is 5.32 Å². The van der Waals surface area contributed by atoms with Crippen molar-refractivity contribution < 1.29 is 144 Å². The summed E-state index contributed by atoms with van der Waals surface area (Å²) >= 11 is 0. The molecule has 5 fully saturated rings. The van der Waals surface area contributed by atoms with Crippen LogP contribution in [0.5, 0.6) is 0 Å². The van der Waals surface area contributed by atoms with Crippen molar-refractivity contribution >= 4 is 11.9 Å². The van der Waals surface area contributed by atoms with E-state index in [4.69, 9.17) is 42.6 Å². The Kier molecular flexibility index (Phi) is 18.3. The number of hydrogen-bond donors (Lipinski definition) is 19. The molecule has 0 aromatic rings.